The van der Waals surface area contributed by atoms with Gasteiger partial charge in [-0.25, -0.2) is 0 Å². The van der Waals surface area contributed by atoms with Gasteiger partial charge in [-0.05, 0) is 62.7 Å². The van der Waals surface area contributed by atoms with Crippen LogP contribution in [0.25, 0.3) is 0 Å². The van der Waals surface area contributed by atoms with Crippen LogP contribution in [0.3, 0.4) is 0 Å². The molecular formula is C12H21N. The summed E-state index contributed by atoms with van der Waals surface area (Å²) in [5.41, 5.74) is 6.70. The first kappa shape index (κ1) is 8.28. The number of rotatable bonds is 0. The summed E-state index contributed by atoms with van der Waals surface area (Å²) in [4.78, 5) is 0. The summed E-state index contributed by atoms with van der Waals surface area (Å²) >= 11 is 0. The molecule has 0 aromatic heterocycles. The van der Waals surface area contributed by atoms with Gasteiger partial charge in [-0.1, -0.05) is 6.42 Å². The van der Waals surface area contributed by atoms with Crippen LogP contribution < -0.4 is 5.73 Å². The Morgan fingerprint density at radius 1 is 0.923 bits per heavy atom. The van der Waals surface area contributed by atoms with Crippen LogP contribution in [-0.4, -0.2) is 5.54 Å². The standard InChI is InChI=1S/C12H21N/c1-12(13)10-3-2-8-4-9(6-10)7-11(12)5-8/h8-11H,2-7,13H2,1H3. The van der Waals surface area contributed by atoms with Crippen molar-refractivity contribution in [3.05, 3.63) is 0 Å². The van der Waals surface area contributed by atoms with Crippen LogP contribution >= 0.6 is 0 Å². The molecule has 1 heteroatoms. The molecule has 4 saturated carbocycles. The molecule has 0 aliphatic heterocycles. The Morgan fingerprint density at radius 3 is 2.46 bits per heavy atom. The minimum absolute atomic E-state index is 0.186. The average Bonchev–Trinajstić information content (AvgIpc) is 2.26. The zero-order valence-corrected chi connectivity index (χ0v) is 8.63. The van der Waals surface area contributed by atoms with Gasteiger partial charge in [0.25, 0.3) is 0 Å². The van der Waals surface area contributed by atoms with Gasteiger partial charge in [-0.15, -0.1) is 0 Å². The van der Waals surface area contributed by atoms with Gasteiger partial charge in [-0.2, -0.15) is 0 Å². The zero-order valence-electron chi connectivity index (χ0n) is 8.63. The quantitative estimate of drug-likeness (QED) is 0.607. The van der Waals surface area contributed by atoms with E-state index in [1.54, 1.807) is 0 Å². The topological polar surface area (TPSA) is 26.0 Å². The Balaban J connectivity index is 1.97. The molecule has 4 fully saturated rings. The van der Waals surface area contributed by atoms with Gasteiger partial charge in [-0.3, -0.25) is 0 Å². The second-order valence-electron chi connectivity index (χ2n) is 6.01. The van der Waals surface area contributed by atoms with Crippen LogP contribution in [0.1, 0.15) is 45.4 Å². The van der Waals surface area contributed by atoms with Crippen LogP contribution in [0.2, 0.25) is 0 Å². The van der Waals surface area contributed by atoms with Crippen molar-refractivity contribution in [1.82, 2.24) is 0 Å². The number of fused-ring (bicyclic) bond motifs is 1. The van der Waals surface area contributed by atoms with Gasteiger partial charge in [0.1, 0.15) is 0 Å². The van der Waals surface area contributed by atoms with Gasteiger partial charge < -0.3 is 5.73 Å². The molecule has 0 aromatic carbocycles. The van der Waals surface area contributed by atoms with E-state index in [0.29, 0.717) is 0 Å². The van der Waals surface area contributed by atoms with E-state index >= 15 is 0 Å². The van der Waals surface area contributed by atoms with Gasteiger partial charge in [0.05, 0.1) is 0 Å². The Kier molecular flexibility index (Phi) is 1.59. The molecule has 2 N–H and O–H groups in total. The smallest absolute Gasteiger partial charge is 0.0183 e. The maximum absolute atomic E-state index is 6.51. The summed E-state index contributed by atoms with van der Waals surface area (Å²) in [5.74, 6) is 3.80. The normalized spacial score (nSPS) is 59.5. The molecule has 0 saturated heterocycles. The molecule has 0 radical (unpaired) electrons. The summed E-state index contributed by atoms with van der Waals surface area (Å²) in [6.07, 6.45) is 8.76. The third-order valence-corrected chi connectivity index (χ3v) is 5.20. The fourth-order valence-corrected chi connectivity index (χ4v) is 4.36. The molecule has 0 aromatic rings. The van der Waals surface area contributed by atoms with Gasteiger partial charge in [0, 0.05) is 5.54 Å². The number of hydrogen-bond donors (Lipinski definition) is 1. The first-order chi connectivity index (χ1) is 6.16. The Labute approximate surface area is 81.1 Å². The summed E-state index contributed by atoms with van der Waals surface area (Å²) in [6, 6.07) is 0. The largest absolute Gasteiger partial charge is 0.325 e. The molecule has 5 unspecified atom stereocenters. The molecule has 4 bridgehead atoms. The summed E-state index contributed by atoms with van der Waals surface area (Å²) in [5, 5.41) is 0. The number of hydrogen-bond acceptors (Lipinski definition) is 1. The van der Waals surface area contributed by atoms with E-state index in [1.807, 2.05) is 0 Å². The third kappa shape index (κ3) is 1.09. The molecule has 4 aliphatic rings. The summed E-state index contributed by atoms with van der Waals surface area (Å²) in [7, 11) is 0. The Bertz CT molecular complexity index is 211. The SMILES string of the molecule is CC1(N)C2CCC3CC(C2)CC1C3. The average molecular weight is 179 g/mol. The van der Waals surface area contributed by atoms with Crippen molar-refractivity contribution < 1.29 is 0 Å². The lowest BCUT2D eigenvalue weighted by Gasteiger charge is -2.49. The minimum Gasteiger partial charge on any atom is -0.325 e. The first-order valence-corrected chi connectivity index (χ1v) is 5.95. The Hall–Kier alpha value is -0.0400. The predicted octanol–water partition coefficient (Wildman–Crippen LogP) is 2.55. The van der Waals surface area contributed by atoms with Crippen LogP contribution in [0.15, 0.2) is 0 Å². The molecule has 5 atom stereocenters. The highest BCUT2D eigenvalue weighted by atomic mass is 14.8. The van der Waals surface area contributed by atoms with Crippen molar-refractivity contribution >= 4 is 0 Å². The van der Waals surface area contributed by atoms with E-state index in [2.05, 4.69) is 6.92 Å². The molecule has 4 rings (SSSR count). The van der Waals surface area contributed by atoms with E-state index < -0.39 is 0 Å². The van der Waals surface area contributed by atoms with Gasteiger partial charge in [0.15, 0.2) is 0 Å². The van der Waals surface area contributed by atoms with E-state index in [-0.39, 0.29) is 5.54 Å². The van der Waals surface area contributed by atoms with Crippen molar-refractivity contribution in [3.8, 4) is 0 Å². The van der Waals surface area contributed by atoms with Gasteiger partial charge in [0.2, 0.25) is 0 Å². The zero-order chi connectivity index (χ0) is 9.05. The molecule has 74 valence electrons. The third-order valence-electron chi connectivity index (χ3n) is 5.20. The minimum atomic E-state index is 0.186. The van der Waals surface area contributed by atoms with Crippen LogP contribution in [-0.2, 0) is 0 Å². The lowest BCUT2D eigenvalue weighted by atomic mass is 9.59. The summed E-state index contributed by atoms with van der Waals surface area (Å²) < 4.78 is 0. The van der Waals surface area contributed by atoms with E-state index in [9.17, 15) is 0 Å². The number of nitrogens with two attached hydrogens (primary N) is 1. The monoisotopic (exact) mass is 179 g/mol. The molecule has 4 aliphatic carbocycles. The van der Waals surface area contributed by atoms with Crippen molar-refractivity contribution in [2.75, 3.05) is 0 Å². The van der Waals surface area contributed by atoms with Crippen molar-refractivity contribution in [2.24, 2.45) is 29.4 Å². The van der Waals surface area contributed by atoms with Crippen molar-refractivity contribution in [2.45, 2.75) is 51.0 Å². The van der Waals surface area contributed by atoms with Crippen LogP contribution in [0.4, 0.5) is 0 Å². The fraction of sp³-hybridized carbons (Fsp3) is 1.00. The molecule has 1 nitrogen and oxygen atoms in total. The maximum atomic E-state index is 6.51. The highest BCUT2D eigenvalue weighted by molar-refractivity contribution is 5.04. The van der Waals surface area contributed by atoms with Gasteiger partial charge >= 0.3 is 0 Å². The second-order valence-corrected chi connectivity index (χ2v) is 6.01. The summed E-state index contributed by atoms with van der Waals surface area (Å²) in [6.45, 7) is 2.33. The van der Waals surface area contributed by atoms with Crippen molar-refractivity contribution in [3.63, 3.8) is 0 Å². The maximum Gasteiger partial charge on any atom is 0.0183 e. The molecular weight excluding hydrogens is 158 g/mol. The lowest BCUT2D eigenvalue weighted by Crippen LogP contribution is -2.55. The van der Waals surface area contributed by atoms with Crippen molar-refractivity contribution in [1.29, 1.82) is 0 Å². The predicted molar refractivity (Wildman–Crippen MR) is 54.3 cm³/mol. The highest BCUT2D eigenvalue weighted by Gasteiger charge is 2.49. The molecule has 0 amide bonds. The highest BCUT2D eigenvalue weighted by Crippen LogP contribution is 2.54. The fourth-order valence-electron chi connectivity index (χ4n) is 4.36. The van der Waals surface area contributed by atoms with Crippen LogP contribution in [0.5, 0.6) is 0 Å². The van der Waals surface area contributed by atoms with E-state index in [4.69, 9.17) is 5.73 Å². The van der Waals surface area contributed by atoms with E-state index in [0.717, 1.165) is 23.7 Å². The Morgan fingerprint density at radius 2 is 1.62 bits per heavy atom. The molecule has 0 heterocycles. The second kappa shape index (κ2) is 2.50. The van der Waals surface area contributed by atoms with E-state index in [1.165, 1.54) is 38.5 Å². The molecule has 13 heavy (non-hydrogen) atoms. The molecule has 0 spiro atoms. The first-order valence-electron chi connectivity index (χ1n) is 5.95. The lowest BCUT2D eigenvalue weighted by molar-refractivity contribution is 0.0516. The van der Waals surface area contributed by atoms with Crippen LogP contribution in [0, 0.1) is 23.7 Å².